The number of tetrazole rings is 1. The van der Waals surface area contributed by atoms with Gasteiger partial charge >= 0.3 is 0 Å². The molecule has 1 saturated heterocycles. The van der Waals surface area contributed by atoms with Crippen LogP contribution in [0.1, 0.15) is 17.4 Å². The van der Waals surface area contributed by atoms with Crippen LogP contribution in [0.15, 0.2) is 48.5 Å². The van der Waals surface area contributed by atoms with E-state index >= 15 is 0 Å². The maximum absolute atomic E-state index is 13.6. The summed E-state index contributed by atoms with van der Waals surface area (Å²) in [7, 11) is 0. The number of nitrogens with zero attached hydrogens (tertiary/aromatic N) is 6. The van der Waals surface area contributed by atoms with Gasteiger partial charge < -0.3 is 15.1 Å². The molecule has 0 saturated carbocycles. The fraction of sp³-hybridized carbons (Fsp3) is 0.348. The lowest BCUT2D eigenvalue weighted by atomic mass is 10.0. The van der Waals surface area contributed by atoms with Crippen LogP contribution in [0.2, 0.25) is 5.02 Å². The van der Waals surface area contributed by atoms with Crippen molar-refractivity contribution in [2.75, 3.05) is 37.6 Å². The average Bonchev–Trinajstić information content (AvgIpc) is 3.27. The minimum Gasteiger partial charge on any atom is -0.368 e. The van der Waals surface area contributed by atoms with E-state index in [0.29, 0.717) is 42.6 Å². The largest absolute Gasteiger partial charge is 0.368 e. The Morgan fingerprint density at radius 3 is 2.50 bits per heavy atom. The van der Waals surface area contributed by atoms with Crippen molar-refractivity contribution in [1.82, 2.24) is 30.4 Å². The Morgan fingerprint density at radius 2 is 1.85 bits per heavy atom. The van der Waals surface area contributed by atoms with E-state index in [2.05, 4.69) is 25.7 Å². The average molecular weight is 486 g/mol. The summed E-state index contributed by atoms with van der Waals surface area (Å²) in [5.41, 5.74) is 1.68. The van der Waals surface area contributed by atoms with Crippen LogP contribution in [0.4, 0.5) is 10.1 Å². The van der Waals surface area contributed by atoms with Crippen molar-refractivity contribution in [3.63, 3.8) is 0 Å². The highest BCUT2D eigenvalue weighted by molar-refractivity contribution is 6.30. The number of piperazine rings is 1. The normalized spacial score (nSPS) is 14.7. The highest BCUT2D eigenvalue weighted by Gasteiger charge is 2.26. The summed E-state index contributed by atoms with van der Waals surface area (Å²) in [6.07, 6.45) is 0.184. The standard InChI is InChI=1S/C23H25ClFN7O2/c1-16-27-28-29-32(16)21(14-17-3-2-4-19(25)13-17)23(34)26-15-22(33)31-11-9-30(10-12-31)20-7-5-18(24)6-8-20/h2-8,13,21H,9-12,14-15H2,1H3,(H,26,34). The van der Waals surface area contributed by atoms with Gasteiger partial charge in [-0.05, 0) is 59.3 Å². The first-order valence-electron chi connectivity index (χ1n) is 11.0. The molecular formula is C23H25ClFN7O2. The molecule has 1 atom stereocenters. The van der Waals surface area contributed by atoms with Crippen molar-refractivity contribution in [1.29, 1.82) is 0 Å². The van der Waals surface area contributed by atoms with Crippen molar-refractivity contribution >= 4 is 29.1 Å². The molecule has 1 unspecified atom stereocenters. The SMILES string of the molecule is Cc1nnnn1C(Cc1cccc(F)c1)C(=O)NCC(=O)N1CCN(c2ccc(Cl)cc2)CC1. The molecule has 34 heavy (non-hydrogen) atoms. The van der Waals surface area contributed by atoms with E-state index in [4.69, 9.17) is 11.6 Å². The molecule has 9 nitrogen and oxygen atoms in total. The Bertz CT molecular complexity index is 1150. The van der Waals surface area contributed by atoms with Gasteiger partial charge in [-0.1, -0.05) is 23.7 Å². The molecule has 0 spiro atoms. The first-order valence-corrected chi connectivity index (χ1v) is 11.3. The molecule has 1 N–H and O–H groups in total. The predicted molar refractivity (Wildman–Crippen MR) is 125 cm³/mol. The number of carbonyl (C=O) groups excluding carboxylic acids is 2. The molecule has 1 aliphatic heterocycles. The first-order chi connectivity index (χ1) is 16.4. The molecule has 2 aromatic carbocycles. The van der Waals surface area contributed by atoms with Gasteiger partial charge in [0.2, 0.25) is 11.8 Å². The van der Waals surface area contributed by atoms with Crippen molar-refractivity contribution < 1.29 is 14.0 Å². The Morgan fingerprint density at radius 1 is 1.12 bits per heavy atom. The fourth-order valence-corrected chi connectivity index (χ4v) is 4.09. The number of hydrogen-bond donors (Lipinski definition) is 1. The smallest absolute Gasteiger partial charge is 0.245 e. The first kappa shape index (κ1) is 23.6. The van der Waals surface area contributed by atoms with Crippen LogP contribution < -0.4 is 10.2 Å². The summed E-state index contributed by atoms with van der Waals surface area (Å²) in [6, 6.07) is 12.8. The lowest BCUT2D eigenvalue weighted by Crippen LogP contribution is -2.51. The third-order valence-corrected chi connectivity index (χ3v) is 6.06. The van der Waals surface area contributed by atoms with Gasteiger partial charge in [-0.3, -0.25) is 9.59 Å². The number of aryl methyl sites for hydroxylation is 1. The van der Waals surface area contributed by atoms with Crippen LogP contribution in [-0.4, -0.2) is 69.6 Å². The Kier molecular flexibility index (Phi) is 7.36. The minimum atomic E-state index is -0.814. The maximum Gasteiger partial charge on any atom is 0.245 e. The van der Waals surface area contributed by atoms with Crippen LogP contribution in [0.5, 0.6) is 0 Å². The lowest BCUT2D eigenvalue weighted by molar-refractivity contribution is -0.134. The van der Waals surface area contributed by atoms with E-state index in [1.165, 1.54) is 16.8 Å². The van der Waals surface area contributed by atoms with Gasteiger partial charge in [0.15, 0.2) is 0 Å². The molecular weight excluding hydrogens is 461 g/mol. The van der Waals surface area contributed by atoms with Gasteiger partial charge in [-0.25, -0.2) is 9.07 Å². The van der Waals surface area contributed by atoms with Crippen LogP contribution in [0.25, 0.3) is 0 Å². The quantitative estimate of drug-likeness (QED) is 0.550. The van der Waals surface area contributed by atoms with E-state index in [1.54, 1.807) is 24.0 Å². The maximum atomic E-state index is 13.6. The van der Waals surface area contributed by atoms with E-state index in [9.17, 15) is 14.0 Å². The molecule has 11 heteroatoms. The zero-order valence-electron chi connectivity index (χ0n) is 18.7. The Balaban J connectivity index is 1.34. The fourth-order valence-electron chi connectivity index (χ4n) is 3.96. The zero-order valence-corrected chi connectivity index (χ0v) is 19.5. The van der Waals surface area contributed by atoms with Crippen LogP contribution in [-0.2, 0) is 16.0 Å². The van der Waals surface area contributed by atoms with E-state index in [1.807, 2.05) is 24.3 Å². The highest BCUT2D eigenvalue weighted by Crippen LogP contribution is 2.20. The monoisotopic (exact) mass is 485 g/mol. The predicted octanol–water partition coefficient (Wildman–Crippen LogP) is 2.02. The van der Waals surface area contributed by atoms with Gasteiger partial charge in [-0.15, -0.1) is 5.10 Å². The van der Waals surface area contributed by atoms with Crippen LogP contribution in [0.3, 0.4) is 0 Å². The number of rotatable bonds is 7. The molecule has 1 aliphatic rings. The molecule has 1 aromatic heterocycles. The molecule has 2 heterocycles. The molecule has 1 fully saturated rings. The summed E-state index contributed by atoms with van der Waals surface area (Å²) in [5, 5.41) is 14.8. The number of benzene rings is 2. The summed E-state index contributed by atoms with van der Waals surface area (Å²) < 4.78 is 15.0. The number of anilines is 1. The van der Waals surface area contributed by atoms with E-state index in [0.717, 1.165) is 5.69 Å². The van der Waals surface area contributed by atoms with E-state index in [-0.39, 0.29) is 18.9 Å². The zero-order chi connectivity index (χ0) is 24.1. The molecule has 178 valence electrons. The second-order valence-corrected chi connectivity index (χ2v) is 8.52. The van der Waals surface area contributed by atoms with Gasteiger partial charge in [0, 0.05) is 43.3 Å². The number of halogens is 2. The minimum absolute atomic E-state index is 0.138. The van der Waals surface area contributed by atoms with Crippen molar-refractivity contribution in [2.24, 2.45) is 0 Å². The van der Waals surface area contributed by atoms with Gasteiger partial charge in [-0.2, -0.15) is 0 Å². The molecule has 2 amide bonds. The topological polar surface area (TPSA) is 96.2 Å². The number of amides is 2. The summed E-state index contributed by atoms with van der Waals surface area (Å²) >= 11 is 5.96. The Hall–Kier alpha value is -3.53. The third-order valence-electron chi connectivity index (χ3n) is 5.81. The number of hydrogen-bond acceptors (Lipinski definition) is 6. The van der Waals surface area contributed by atoms with Crippen molar-refractivity contribution in [2.45, 2.75) is 19.4 Å². The summed E-state index contributed by atoms with van der Waals surface area (Å²) in [6.45, 7) is 4.02. The van der Waals surface area contributed by atoms with Crippen molar-refractivity contribution in [3.05, 3.63) is 70.8 Å². The number of aromatic nitrogens is 4. The molecule has 0 bridgehead atoms. The van der Waals surface area contributed by atoms with Crippen LogP contribution >= 0.6 is 11.6 Å². The highest BCUT2D eigenvalue weighted by atomic mass is 35.5. The third kappa shape index (κ3) is 5.69. The molecule has 4 rings (SSSR count). The second kappa shape index (κ2) is 10.6. The van der Waals surface area contributed by atoms with E-state index < -0.39 is 17.8 Å². The summed E-state index contributed by atoms with van der Waals surface area (Å²) in [4.78, 5) is 29.7. The van der Waals surface area contributed by atoms with Crippen LogP contribution in [0, 0.1) is 12.7 Å². The number of nitrogens with one attached hydrogen (secondary N) is 1. The molecule has 3 aromatic rings. The Labute approximate surface area is 201 Å². The van der Waals surface area contributed by atoms with Crippen molar-refractivity contribution in [3.8, 4) is 0 Å². The molecule has 0 aliphatic carbocycles. The number of carbonyl (C=O) groups is 2. The second-order valence-electron chi connectivity index (χ2n) is 8.08. The lowest BCUT2D eigenvalue weighted by Gasteiger charge is -2.36. The van der Waals surface area contributed by atoms with Gasteiger partial charge in [0.05, 0.1) is 6.54 Å². The summed E-state index contributed by atoms with van der Waals surface area (Å²) in [5.74, 6) is -0.519. The van der Waals surface area contributed by atoms with Gasteiger partial charge in [0.1, 0.15) is 17.7 Å². The molecule has 0 radical (unpaired) electrons. The van der Waals surface area contributed by atoms with Gasteiger partial charge in [0.25, 0.3) is 0 Å².